The fourth-order valence-electron chi connectivity index (χ4n) is 2.28. The zero-order valence-electron chi connectivity index (χ0n) is 11.0. The summed E-state index contributed by atoms with van der Waals surface area (Å²) in [5, 5.41) is 9.68. The van der Waals surface area contributed by atoms with Crippen LogP contribution in [0.3, 0.4) is 0 Å². The van der Waals surface area contributed by atoms with Crippen molar-refractivity contribution in [2.45, 2.75) is 12.2 Å². The third-order valence-electron chi connectivity index (χ3n) is 3.35. The second kappa shape index (κ2) is 5.20. The van der Waals surface area contributed by atoms with Crippen LogP contribution in [0, 0.1) is 0 Å². The van der Waals surface area contributed by atoms with Crippen LogP contribution in [0.1, 0.15) is 17.2 Å². The van der Waals surface area contributed by atoms with Crippen molar-refractivity contribution in [3.8, 4) is 0 Å². The maximum absolute atomic E-state index is 12.6. The molecule has 0 unspecified atom stereocenters. The maximum Gasteiger partial charge on any atom is 0.416 e. The van der Waals surface area contributed by atoms with Gasteiger partial charge in [0.1, 0.15) is 6.04 Å². The summed E-state index contributed by atoms with van der Waals surface area (Å²) >= 11 is 0. The minimum atomic E-state index is -4.33. The first-order valence-electron chi connectivity index (χ1n) is 6.44. The van der Waals surface area contributed by atoms with Crippen molar-refractivity contribution in [3.05, 3.63) is 65.7 Å². The van der Waals surface area contributed by atoms with Gasteiger partial charge < -0.3 is 0 Å². The summed E-state index contributed by atoms with van der Waals surface area (Å²) in [7, 11) is 0. The van der Waals surface area contributed by atoms with E-state index in [9.17, 15) is 13.2 Å². The molecular weight excluding hydrogens is 279 g/mol. The molecule has 0 bridgehead atoms. The molecule has 1 atom stereocenters. The highest BCUT2D eigenvalue weighted by atomic mass is 19.4. The van der Waals surface area contributed by atoms with Gasteiger partial charge in [0.2, 0.25) is 0 Å². The van der Waals surface area contributed by atoms with Crippen molar-refractivity contribution in [1.82, 2.24) is 0 Å². The number of hydrogen-bond donors (Lipinski definition) is 0. The Morgan fingerprint density at radius 1 is 0.952 bits per heavy atom. The molecule has 0 amide bonds. The Hall–Kier alpha value is -2.37. The molecule has 0 fully saturated rings. The van der Waals surface area contributed by atoms with E-state index in [0.717, 1.165) is 17.7 Å². The van der Waals surface area contributed by atoms with Crippen LogP contribution in [0.5, 0.6) is 0 Å². The van der Waals surface area contributed by atoms with Gasteiger partial charge in [0.05, 0.1) is 17.8 Å². The molecular formula is C15H12F3N3. The Bertz CT molecular complexity index is 635. The molecule has 6 heteroatoms. The summed E-state index contributed by atoms with van der Waals surface area (Å²) < 4.78 is 37.7. The molecule has 0 N–H and O–H groups in total. The highest BCUT2D eigenvalue weighted by Crippen LogP contribution is 2.35. The van der Waals surface area contributed by atoms with Gasteiger partial charge >= 0.3 is 6.18 Å². The van der Waals surface area contributed by atoms with Crippen molar-refractivity contribution >= 4 is 5.69 Å². The number of alkyl halides is 3. The fraction of sp³-hybridized carbons (Fsp3) is 0.200. The van der Waals surface area contributed by atoms with Gasteiger partial charge in [0, 0.05) is 0 Å². The molecule has 1 aliphatic heterocycles. The topological polar surface area (TPSA) is 28.0 Å². The number of hydrogen-bond acceptors (Lipinski definition) is 3. The highest BCUT2D eigenvalue weighted by Gasteiger charge is 2.31. The van der Waals surface area contributed by atoms with E-state index in [1.165, 1.54) is 12.1 Å². The molecule has 21 heavy (non-hydrogen) atoms. The second-order valence-corrected chi connectivity index (χ2v) is 4.73. The van der Waals surface area contributed by atoms with Gasteiger partial charge in [-0.15, -0.1) is 0 Å². The summed E-state index contributed by atoms with van der Waals surface area (Å²) in [6, 6.07) is 14.5. The molecule has 0 aromatic heterocycles. The van der Waals surface area contributed by atoms with Gasteiger partial charge in [-0.05, 0) is 29.8 Å². The van der Waals surface area contributed by atoms with Crippen LogP contribution in [0.25, 0.3) is 0 Å². The van der Waals surface area contributed by atoms with Crippen LogP contribution in [0.15, 0.2) is 64.9 Å². The smallest absolute Gasteiger partial charge is 0.238 e. The maximum atomic E-state index is 12.6. The van der Waals surface area contributed by atoms with E-state index >= 15 is 0 Å². The van der Waals surface area contributed by atoms with E-state index in [1.807, 2.05) is 30.3 Å². The highest BCUT2D eigenvalue weighted by molar-refractivity contribution is 5.50. The van der Waals surface area contributed by atoms with E-state index in [1.54, 1.807) is 5.01 Å². The molecule has 1 aliphatic rings. The predicted octanol–water partition coefficient (Wildman–Crippen LogP) is 4.63. The minimum absolute atomic E-state index is 0.0806. The lowest BCUT2D eigenvalue weighted by Crippen LogP contribution is -2.20. The van der Waals surface area contributed by atoms with Gasteiger partial charge in [-0.3, -0.25) is 0 Å². The van der Waals surface area contributed by atoms with Gasteiger partial charge in [-0.2, -0.15) is 18.3 Å². The van der Waals surface area contributed by atoms with Crippen LogP contribution in [0.4, 0.5) is 18.9 Å². The van der Waals surface area contributed by atoms with Crippen LogP contribution >= 0.6 is 0 Å². The normalized spacial score (nSPS) is 18.2. The van der Waals surface area contributed by atoms with Crippen LogP contribution < -0.4 is 5.01 Å². The number of halogens is 3. The summed E-state index contributed by atoms with van der Waals surface area (Å²) in [5.41, 5.74) is 0.958. The molecule has 2 aromatic rings. The molecule has 0 radical (unpaired) electrons. The van der Waals surface area contributed by atoms with E-state index in [0.29, 0.717) is 12.2 Å². The molecule has 0 saturated carbocycles. The Labute approximate surface area is 119 Å². The van der Waals surface area contributed by atoms with Gasteiger partial charge in [-0.1, -0.05) is 35.6 Å². The SMILES string of the molecule is FC(F)(F)c1ccc(N2N=NC[C@@H]2c2ccccc2)cc1. The fourth-order valence-corrected chi connectivity index (χ4v) is 2.28. The minimum Gasteiger partial charge on any atom is -0.238 e. The molecule has 0 spiro atoms. The Balaban J connectivity index is 1.87. The average molecular weight is 291 g/mol. The average Bonchev–Trinajstić information content (AvgIpc) is 2.97. The van der Waals surface area contributed by atoms with Crippen molar-refractivity contribution < 1.29 is 13.2 Å². The van der Waals surface area contributed by atoms with E-state index in [4.69, 9.17) is 0 Å². The first kappa shape index (κ1) is 13.6. The van der Waals surface area contributed by atoms with Crippen LogP contribution in [-0.4, -0.2) is 6.54 Å². The van der Waals surface area contributed by atoms with E-state index in [2.05, 4.69) is 10.3 Å². The zero-order valence-corrected chi connectivity index (χ0v) is 11.0. The van der Waals surface area contributed by atoms with E-state index in [-0.39, 0.29) is 6.04 Å². The number of anilines is 1. The number of rotatable bonds is 2. The molecule has 0 saturated heterocycles. The molecule has 2 aromatic carbocycles. The second-order valence-electron chi connectivity index (χ2n) is 4.73. The summed E-state index contributed by atoms with van der Waals surface area (Å²) in [6.45, 7) is 0.491. The molecule has 3 rings (SSSR count). The molecule has 1 heterocycles. The van der Waals surface area contributed by atoms with Crippen molar-refractivity contribution in [2.75, 3.05) is 11.6 Å². The quantitative estimate of drug-likeness (QED) is 0.792. The largest absolute Gasteiger partial charge is 0.416 e. The Morgan fingerprint density at radius 2 is 1.62 bits per heavy atom. The first-order chi connectivity index (χ1) is 10.1. The Morgan fingerprint density at radius 3 is 2.24 bits per heavy atom. The lowest BCUT2D eigenvalue weighted by atomic mass is 10.1. The van der Waals surface area contributed by atoms with Crippen LogP contribution in [-0.2, 0) is 6.18 Å². The standard InChI is InChI=1S/C15H12F3N3/c16-15(17,18)12-6-8-13(9-7-12)21-14(10-19-20-21)11-4-2-1-3-5-11/h1-9,14H,10H2/t14-/m1/s1. The van der Waals surface area contributed by atoms with Gasteiger partial charge in [0.15, 0.2) is 0 Å². The zero-order chi connectivity index (χ0) is 14.9. The molecule has 0 aliphatic carbocycles. The lowest BCUT2D eigenvalue weighted by molar-refractivity contribution is -0.137. The third-order valence-corrected chi connectivity index (χ3v) is 3.35. The van der Waals surface area contributed by atoms with Gasteiger partial charge in [-0.25, -0.2) is 5.01 Å². The third kappa shape index (κ3) is 2.74. The number of nitrogens with zero attached hydrogens (tertiary/aromatic N) is 3. The monoisotopic (exact) mass is 291 g/mol. The Kier molecular flexibility index (Phi) is 3.37. The summed E-state index contributed by atoms with van der Waals surface area (Å²) in [4.78, 5) is 0. The van der Waals surface area contributed by atoms with Crippen LogP contribution in [0.2, 0.25) is 0 Å². The number of benzene rings is 2. The lowest BCUT2D eigenvalue weighted by Gasteiger charge is -2.22. The molecule has 108 valence electrons. The van der Waals surface area contributed by atoms with Crippen molar-refractivity contribution in [2.24, 2.45) is 10.3 Å². The predicted molar refractivity (Wildman–Crippen MR) is 72.8 cm³/mol. The summed E-state index contributed by atoms with van der Waals surface area (Å²) in [6.07, 6.45) is -4.33. The first-order valence-corrected chi connectivity index (χ1v) is 6.44. The van der Waals surface area contributed by atoms with Crippen molar-refractivity contribution in [3.63, 3.8) is 0 Å². The van der Waals surface area contributed by atoms with Gasteiger partial charge in [0.25, 0.3) is 0 Å². The molecule has 3 nitrogen and oxygen atoms in total. The van der Waals surface area contributed by atoms with Crippen molar-refractivity contribution in [1.29, 1.82) is 0 Å². The van der Waals surface area contributed by atoms with E-state index < -0.39 is 11.7 Å². The summed E-state index contributed by atoms with van der Waals surface area (Å²) in [5.74, 6) is 0.